The minimum atomic E-state index is -0.660. The smallest absolute Gasteiger partial charge is 0.116 e. The second-order valence-corrected chi connectivity index (χ2v) is 4.24. The summed E-state index contributed by atoms with van der Waals surface area (Å²) in [6, 6.07) is 4.65. The number of ether oxygens (including phenoxy) is 1. The van der Waals surface area contributed by atoms with Crippen LogP contribution in [0.15, 0.2) is 18.2 Å². The zero-order valence-corrected chi connectivity index (χ0v) is 9.10. The number of anilines is 1. The molecular weight excluding hydrogens is 206 g/mol. The van der Waals surface area contributed by atoms with Gasteiger partial charge in [-0.1, -0.05) is 0 Å². The van der Waals surface area contributed by atoms with Crippen LogP contribution in [0.5, 0.6) is 5.75 Å². The van der Waals surface area contributed by atoms with E-state index < -0.39 is 6.10 Å². The zero-order valence-electron chi connectivity index (χ0n) is 9.10. The molecule has 4 heteroatoms. The summed E-state index contributed by atoms with van der Waals surface area (Å²) in [6.45, 7) is 1.31. The number of rotatable bonds is 2. The standard InChI is InChI=1S/C12H17NO3/c13-11-4-3-9(14)6-10(11)12(15)8-2-1-5-16-7-8/h3-4,6,8,12,14-15H,1-2,5,7,13H2. The Kier molecular flexibility index (Phi) is 3.31. The van der Waals surface area contributed by atoms with Crippen LogP contribution in [0.1, 0.15) is 24.5 Å². The highest BCUT2D eigenvalue weighted by molar-refractivity contribution is 5.51. The highest BCUT2D eigenvalue weighted by atomic mass is 16.5. The lowest BCUT2D eigenvalue weighted by atomic mass is 9.90. The van der Waals surface area contributed by atoms with Crippen molar-refractivity contribution in [2.75, 3.05) is 18.9 Å². The summed E-state index contributed by atoms with van der Waals surface area (Å²) in [5.74, 6) is 0.192. The Hall–Kier alpha value is -1.26. The molecule has 0 aliphatic carbocycles. The van der Waals surface area contributed by atoms with Crippen LogP contribution in [0.4, 0.5) is 5.69 Å². The van der Waals surface area contributed by atoms with E-state index in [-0.39, 0.29) is 11.7 Å². The predicted octanol–water partition coefficient (Wildman–Crippen LogP) is 1.43. The average molecular weight is 223 g/mol. The molecule has 0 spiro atoms. The van der Waals surface area contributed by atoms with Crippen LogP contribution >= 0.6 is 0 Å². The Morgan fingerprint density at radius 3 is 2.94 bits per heavy atom. The van der Waals surface area contributed by atoms with Gasteiger partial charge in [0, 0.05) is 23.8 Å². The van der Waals surface area contributed by atoms with Crippen LogP contribution in [0.3, 0.4) is 0 Å². The number of nitrogen functional groups attached to an aromatic ring is 1. The van der Waals surface area contributed by atoms with E-state index in [0.29, 0.717) is 17.9 Å². The Balaban J connectivity index is 2.18. The molecule has 1 fully saturated rings. The maximum absolute atomic E-state index is 10.2. The third-order valence-corrected chi connectivity index (χ3v) is 3.03. The molecule has 4 N–H and O–H groups in total. The van der Waals surface area contributed by atoms with Crippen molar-refractivity contribution in [3.63, 3.8) is 0 Å². The van der Waals surface area contributed by atoms with Crippen molar-refractivity contribution >= 4 is 5.69 Å². The van der Waals surface area contributed by atoms with Crippen LogP contribution in [0.2, 0.25) is 0 Å². The number of aromatic hydroxyl groups is 1. The molecule has 0 radical (unpaired) electrons. The van der Waals surface area contributed by atoms with E-state index >= 15 is 0 Å². The SMILES string of the molecule is Nc1ccc(O)cc1C(O)C1CCCOC1. The van der Waals surface area contributed by atoms with Crippen molar-refractivity contribution in [1.82, 2.24) is 0 Å². The number of hydrogen-bond donors (Lipinski definition) is 3. The Morgan fingerprint density at radius 1 is 1.44 bits per heavy atom. The van der Waals surface area contributed by atoms with Gasteiger partial charge in [0.05, 0.1) is 12.7 Å². The first-order valence-corrected chi connectivity index (χ1v) is 5.52. The summed E-state index contributed by atoms with van der Waals surface area (Å²) in [5.41, 5.74) is 6.89. The van der Waals surface area contributed by atoms with Gasteiger partial charge >= 0.3 is 0 Å². The monoisotopic (exact) mass is 223 g/mol. The quantitative estimate of drug-likeness (QED) is 0.523. The number of benzene rings is 1. The van der Waals surface area contributed by atoms with Gasteiger partial charge in [0.1, 0.15) is 5.75 Å². The molecule has 1 aliphatic heterocycles. The fraction of sp³-hybridized carbons (Fsp3) is 0.500. The van der Waals surface area contributed by atoms with Gasteiger partial charge < -0.3 is 20.7 Å². The molecule has 0 aromatic heterocycles. The van der Waals surface area contributed by atoms with E-state index in [0.717, 1.165) is 19.4 Å². The number of phenolic OH excluding ortho intramolecular Hbond substituents is 1. The van der Waals surface area contributed by atoms with E-state index in [2.05, 4.69) is 0 Å². The molecule has 0 bridgehead atoms. The average Bonchev–Trinajstić information content (AvgIpc) is 2.32. The largest absolute Gasteiger partial charge is 0.508 e. The van der Waals surface area contributed by atoms with Crippen molar-refractivity contribution < 1.29 is 14.9 Å². The third-order valence-electron chi connectivity index (χ3n) is 3.03. The number of aliphatic hydroxyl groups excluding tert-OH is 1. The minimum Gasteiger partial charge on any atom is -0.508 e. The molecule has 2 unspecified atom stereocenters. The van der Waals surface area contributed by atoms with Gasteiger partial charge in [-0.2, -0.15) is 0 Å². The number of phenols is 1. The van der Waals surface area contributed by atoms with E-state index in [4.69, 9.17) is 10.5 Å². The lowest BCUT2D eigenvalue weighted by Gasteiger charge is -2.27. The van der Waals surface area contributed by atoms with Gasteiger partial charge in [-0.25, -0.2) is 0 Å². The molecule has 1 heterocycles. The normalized spacial score (nSPS) is 22.9. The lowest BCUT2D eigenvalue weighted by Crippen LogP contribution is -2.24. The molecule has 2 rings (SSSR count). The fourth-order valence-electron chi connectivity index (χ4n) is 2.09. The van der Waals surface area contributed by atoms with Crippen LogP contribution in [-0.4, -0.2) is 23.4 Å². The third kappa shape index (κ3) is 2.28. The lowest BCUT2D eigenvalue weighted by molar-refractivity contribution is -0.00975. The molecular formula is C12H17NO3. The van der Waals surface area contributed by atoms with Gasteiger partial charge in [0.25, 0.3) is 0 Å². The summed E-state index contributed by atoms with van der Waals surface area (Å²) in [4.78, 5) is 0. The molecule has 4 nitrogen and oxygen atoms in total. The first-order chi connectivity index (χ1) is 7.68. The van der Waals surface area contributed by atoms with Gasteiger partial charge in [-0.05, 0) is 31.0 Å². The first kappa shape index (κ1) is 11.2. The maximum atomic E-state index is 10.2. The molecule has 88 valence electrons. The first-order valence-electron chi connectivity index (χ1n) is 5.52. The predicted molar refractivity (Wildman–Crippen MR) is 61.0 cm³/mol. The highest BCUT2D eigenvalue weighted by Gasteiger charge is 2.25. The van der Waals surface area contributed by atoms with Crippen LogP contribution in [0.25, 0.3) is 0 Å². The molecule has 1 aromatic carbocycles. The van der Waals surface area contributed by atoms with E-state index in [1.165, 1.54) is 12.1 Å². The number of nitrogens with two attached hydrogens (primary N) is 1. The van der Waals surface area contributed by atoms with Crippen LogP contribution in [0, 0.1) is 5.92 Å². The molecule has 1 aliphatic rings. The molecule has 1 saturated heterocycles. The molecule has 2 atom stereocenters. The van der Waals surface area contributed by atoms with Crippen LogP contribution < -0.4 is 5.73 Å². The number of aliphatic hydroxyl groups is 1. The fourth-order valence-corrected chi connectivity index (χ4v) is 2.09. The Labute approximate surface area is 94.7 Å². The van der Waals surface area contributed by atoms with Gasteiger partial charge in [0.15, 0.2) is 0 Å². The van der Waals surface area contributed by atoms with Crippen molar-refractivity contribution in [2.45, 2.75) is 18.9 Å². The van der Waals surface area contributed by atoms with Gasteiger partial charge in [-0.15, -0.1) is 0 Å². The van der Waals surface area contributed by atoms with E-state index in [9.17, 15) is 10.2 Å². The number of hydrogen-bond acceptors (Lipinski definition) is 4. The maximum Gasteiger partial charge on any atom is 0.116 e. The summed E-state index contributed by atoms with van der Waals surface area (Å²) in [7, 11) is 0. The van der Waals surface area contributed by atoms with E-state index in [1.807, 2.05) is 0 Å². The van der Waals surface area contributed by atoms with Crippen molar-refractivity contribution in [2.24, 2.45) is 5.92 Å². The molecule has 0 saturated carbocycles. The summed E-state index contributed by atoms with van der Waals surface area (Å²) < 4.78 is 5.33. The minimum absolute atomic E-state index is 0.0675. The van der Waals surface area contributed by atoms with Crippen molar-refractivity contribution in [1.29, 1.82) is 0 Å². The Morgan fingerprint density at radius 2 is 2.25 bits per heavy atom. The van der Waals surface area contributed by atoms with E-state index in [1.54, 1.807) is 6.07 Å². The molecule has 16 heavy (non-hydrogen) atoms. The second kappa shape index (κ2) is 4.72. The van der Waals surface area contributed by atoms with Crippen LogP contribution in [-0.2, 0) is 4.74 Å². The Bertz CT molecular complexity index is 361. The van der Waals surface area contributed by atoms with Crippen molar-refractivity contribution in [3.8, 4) is 5.75 Å². The molecule has 1 aromatic rings. The second-order valence-electron chi connectivity index (χ2n) is 4.24. The topological polar surface area (TPSA) is 75.7 Å². The van der Waals surface area contributed by atoms with Gasteiger partial charge in [-0.3, -0.25) is 0 Å². The summed E-state index contributed by atoms with van der Waals surface area (Å²) >= 11 is 0. The summed E-state index contributed by atoms with van der Waals surface area (Å²) in [5, 5.41) is 19.6. The molecule has 0 amide bonds. The summed E-state index contributed by atoms with van der Waals surface area (Å²) in [6.07, 6.45) is 1.23. The zero-order chi connectivity index (χ0) is 11.5. The highest BCUT2D eigenvalue weighted by Crippen LogP contribution is 2.33. The van der Waals surface area contributed by atoms with Gasteiger partial charge in [0.2, 0.25) is 0 Å². The van der Waals surface area contributed by atoms with Crippen molar-refractivity contribution in [3.05, 3.63) is 23.8 Å².